The van der Waals surface area contributed by atoms with Gasteiger partial charge in [0.05, 0.1) is 6.10 Å². The van der Waals surface area contributed by atoms with Gasteiger partial charge in [-0.1, -0.05) is 20.8 Å². The number of carbonyl (C=O) groups is 1. The number of carbonyl (C=O) groups excluding carboxylic acids is 1. The Kier molecular flexibility index (Phi) is 1.79. The quantitative estimate of drug-likeness (QED) is 0.652. The molecule has 4 atom stereocenters. The van der Waals surface area contributed by atoms with E-state index in [0.717, 1.165) is 12.8 Å². The minimum Gasteiger partial charge on any atom is -0.550 e. The zero-order valence-electron chi connectivity index (χ0n) is 8.91. The second kappa shape index (κ2) is 2.51. The van der Waals surface area contributed by atoms with Crippen molar-refractivity contribution < 1.29 is 15.0 Å². The SMILES string of the molecule is CC1(C)[C@H]2CC[C@]1(C)[C@H](O)[C@H]2C(=O)[O-]. The lowest BCUT2D eigenvalue weighted by Gasteiger charge is -2.37. The Morgan fingerprint density at radius 3 is 2.29 bits per heavy atom. The van der Waals surface area contributed by atoms with E-state index in [4.69, 9.17) is 0 Å². The van der Waals surface area contributed by atoms with Crippen molar-refractivity contribution in [2.75, 3.05) is 0 Å². The molecule has 0 aromatic carbocycles. The first-order valence-corrected chi connectivity index (χ1v) is 5.21. The molecule has 0 heterocycles. The molecule has 3 heteroatoms. The predicted octanol–water partition coefficient (Wildman–Crippen LogP) is 0.170. The summed E-state index contributed by atoms with van der Waals surface area (Å²) in [5, 5.41) is 21.0. The van der Waals surface area contributed by atoms with Gasteiger partial charge in [-0.3, -0.25) is 0 Å². The maximum Gasteiger partial charge on any atom is 0.0682 e. The number of aliphatic hydroxyl groups excluding tert-OH is 1. The number of aliphatic hydroxyl groups is 1. The highest BCUT2D eigenvalue weighted by Gasteiger charge is 2.66. The zero-order chi connectivity index (χ0) is 10.7. The van der Waals surface area contributed by atoms with E-state index >= 15 is 0 Å². The van der Waals surface area contributed by atoms with Gasteiger partial charge in [0.2, 0.25) is 0 Å². The molecule has 2 aliphatic carbocycles. The van der Waals surface area contributed by atoms with Gasteiger partial charge >= 0.3 is 0 Å². The molecule has 0 radical (unpaired) electrons. The minimum absolute atomic E-state index is 0.0764. The summed E-state index contributed by atoms with van der Waals surface area (Å²) < 4.78 is 0. The summed E-state index contributed by atoms with van der Waals surface area (Å²) in [7, 11) is 0. The van der Waals surface area contributed by atoms with Crippen LogP contribution in [0.3, 0.4) is 0 Å². The molecule has 0 spiro atoms. The predicted molar refractivity (Wildman–Crippen MR) is 49.1 cm³/mol. The number of aliphatic carboxylic acids is 1. The molecule has 1 N–H and O–H groups in total. The Balaban J connectivity index is 2.44. The Morgan fingerprint density at radius 1 is 1.43 bits per heavy atom. The van der Waals surface area contributed by atoms with Crippen molar-refractivity contribution in [3.63, 3.8) is 0 Å². The molecular weight excluding hydrogens is 180 g/mol. The van der Waals surface area contributed by atoms with E-state index in [2.05, 4.69) is 13.8 Å². The number of carboxylic acids is 1. The zero-order valence-corrected chi connectivity index (χ0v) is 8.91. The molecule has 0 unspecified atom stereocenters. The number of carboxylic acid groups (broad SMARTS) is 1. The standard InChI is InChI=1S/C11H18O3/c1-10(2)6-4-5-11(10,3)8(12)7(6)9(13)14/h6-8,12H,4-5H2,1-3H3,(H,13,14)/p-1/t6-,7-,8+,11+/m0/s1. The van der Waals surface area contributed by atoms with E-state index < -0.39 is 18.0 Å². The van der Waals surface area contributed by atoms with Gasteiger partial charge in [0.1, 0.15) is 0 Å². The Labute approximate surface area is 84.1 Å². The van der Waals surface area contributed by atoms with Crippen molar-refractivity contribution >= 4 is 5.97 Å². The highest BCUT2D eigenvalue weighted by atomic mass is 16.4. The van der Waals surface area contributed by atoms with E-state index in [1.165, 1.54) is 0 Å². The van der Waals surface area contributed by atoms with E-state index in [1.54, 1.807) is 0 Å². The second-order valence-corrected chi connectivity index (χ2v) is 5.57. The topological polar surface area (TPSA) is 60.4 Å². The van der Waals surface area contributed by atoms with Gasteiger partial charge in [0.25, 0.3) is 0 Å². The monoisotopic (exact) mass is 197 g/mol. The molecule has 0 aromatic heterocycles. The average Bonchev–Trinajstić information content (AvgIpc) is 2.35. The lowest BCUT2D eigenvalue weighted by molar-refractivity contribution is -0.316. The fraction of sp³-hybridized carbons (Fsp3) is 0.909. The molecule has 0 aromatic rings. The molecule has 2 saturated carbocycles. The third-order valence-corrected chi connectivity index (χ3v) is 5.07. The molecule has 0 aliphatic heterocycles. The number of fused-ring (bicyclic) bond motifs is 2. The van der Waals surface area contributed by atoms with Gasteiger partial charge in [-0.05, 0) is 29.6 Å². The first-order chi connectivity index (χ1) is 6.32. The highest BCUT2D eigenvalue weighted by Crippen LogP contribution is 2.67. The van der Waals surface area contributed by atoms with Gasteiger partial charge in [-0.15, -0.1) is 0 Å². The fourth-order valence-electron chi connectivity index (χ4n) is 3.63. The van der Waals surface area contributed by atoms with Crippen LogP contribution in [0.4, 0.5) is 0 Å². The van der Waals surface area contributed by atoms with Crippen LogP contribution in [0.15, 0.2) is 0 Å². The van der Waals surface area contributed by atoms with Crippen LogP contribution in [0.5, 0.6) is 0 Å². The Bertz CT molecular complexity index is 284. The van der Waals surface area contributed by atoms with E-state index in [1.807, 2.05) is 6.92 Å². The third kappa shape index (κ3) is 0.842. The lowest BCUT2D eigenvalue weighted by atomic mass is 9.70. The molecule has 80 valence electrons. The summed E-state index contributed by atoms with van der Waals surface area (Å²) in [6, 6.07) is 0. The lowest BCUT2D eigenvalue weighted by Crippen LogP contribution is -2.44. The van der Waals surface area contributed by atoms with Crippen LogP contribution >= 0.6 is 0 Å². The van der Waals surface area contributed by atoms with Crippen LogP contribution in [0.1, 0.15) is 33.6 Å². The number of hydrogen-bond acceptors (Lipinski definition) is 3. The van der Waals surface area contributed by atoms with Crippen molar-refractivity contribution in [3.05, 3.63) is 0 Å². The molecule has 2 fully saturated rings. The van der Waals surface area contributed by atoms with Gasteiger partial charge in [-0.2, -0.15) is 0 Å². The van der Waals surface area contributed by atoms with E-state index in [-0.39, 0.29) is 16.7 Å². The molecular formula is C11H17O3-. The third-order valence-electron chi connectivity index (χ3n) is 5.07. The molecule has 2 aliphatic rings. The van der Waals surface area contributed by atoms with Crippen LogP contribution in [0, 0.1) is 22.7 Å². The van der Waals surface area contributed by atoms with Gasteiger partial charge < -0.3 is 15.0 Å². The first kappa shape index (κ1) is 9.97. The average molecular weight is 197 g/mol. The summed E-state index contributed by atoms with van der Waals surface area (Å²) in [6.07, 6.45) is 1.09. The fourth-order valence-corrected chi connectivity index (χ4v) is 3.63. The van der Waals surface area contributed by atoms with Gasteiger partial charge in [0.15, 0.2) is 0 Å². The highest BCUT2D eigenvalue weighted by molar-refractivity contribution is 5.70. The largest absolute Gasteiger partial charge is 0.550 e. The van der Waals surface area contributed by atoms with Crippen molar-refractivity contribution in [3.8, 4) is 0 Å². The summed E-state index contributed by atoms with van der Waals surface area (Å²) >= 11 is 0. The van der Waals surface area contributed by atoms with E-state index in [9.17, 15) is 15.0 Å². The number of hydrogen-bond donors (Lipinski definition) is 1. The Hall–Kier alpha value is -0.570. The van der Waals surface area contributed by atoms with Crippen LogP contribution < -0.4 is 5.11 Å². The molecule has 14 heavy (non-hydrogen) atoms. The molecule has 2 bridgehead atoms. The van der Waals surface area contributed by atoms with Crippen LogP contribution in [0.25, 0.3) is 0 Å². The smallest absolute Gasteiger partial charge is 0.0682 e. The summed E-state index contributed by atoms with van der Waals surface area (Å²) in [4.78, 5) is 11.0. The van der Waals surface area contributed by atoms with Crippen molar-refractivity contribution in [2.45, 2.75) is 39.7 Å². The van der Waals surface area contributed by atoms with Crippen molar-refractivity contribution in [1.82, 2.24) is 0 Å². The normalized spacial score (nSPS) is 49.6. The Morgan fingerprint density at radius 2 is 2.00 bits per heavy atom. The van der Waals surface area contributed by atoms with Crippen molar-refractivity contribution in [2.24, 2.45) is 22.7 Å². The first-order valence-electron chi connectivity index (χ1n) is 5.21. The minimum atomic E-state index is -1.08. The molecule has 3 nitrogen and oxygen atoms in total. The molecule has 2 rings (SSSR count). The van der Waals surface area contributed by atoms with Gasteiger partial charge in [0, 0.05) is 11.9 Å². The van der Waals surface area contributed by atoms with Crippen molar-refractivity contribution in [1.29, 1.82) is 0 Å². The van der Waals surface area contributed by atoms with Crippen LogP contribution in [-0.4, -0.2) is 17.2 Å². The maximum atomic E-state index is 11.0. The second-order valence-electron chi connectivity index (χ2n) is 5.57. The van der Waals surface area contributed by atoms with Crippen LogP contribution in [-0.2, 0) is 4.79 Å². The summed E-state index contributed by atoms with van der Waals surface area (Å²) in [5.41, 5.74) is -0.334. The van der Waals surface area contributed by atoms with E-state index in [0.29, 0.717) is 0 Å². The number of rotatable bonds is 1. The molecule has 0 saturated heterocycles. The molecule has 0 amide bonds. The maximum absolute atomic E-state index is 11.0. The summed E-state index contributed by atoms with van der Waals surface area (Å²) in [5.74, 6) is -1.67. The van der Waals surface area contributed by atoms with Gasteiger partial charge in [-0.25, -0.2) is 0 Å². The van der Waals surface area contributed by atoms with Crippen LogP contribution in [0.2, 0.25) is 0 Å². The summed E-state index contributed by atoms with van der Waals surface area (Å²) in [6.45, 7) is 6.13.